The van der Waals surface area contributed by atoms with E-state index in [-0.39, 0.29) is 0 Å². The molecular formula is C14H13NO. The molecule has 1 saturated carbocycles. The van der Waals surface area contributed by atoms with Crippen molar-refractivity contribution >= 4 is 16.7 Å². The number of ketones is 1. The van der Waals surface area contributed by atoms with Gasteiger partial charge >= 0.3 is 0 Å². The highest BCUT2D eigenvalue weighted by Crippen LogP contribution is 2.31. The van der Waals surface area contributed by atoms with Gasteiger partial charge in [-0.15, -0.1) is 0 Å². The maximum Gasteiger partial charge on any atom is 0.140 e. The Kier molecular flexibility index (Phi) is 2.21. The van der Waals surface area contributed by atoms with Crippen molar-refractivity contribution in [1.82, 2.24) is 4.98 Å². The molecule has 1 aromatic carbocycles. The number of hydrogen-bond acceptors (Lipinski definition) is 2. The van der Waals surface area contributed by atoms with Gasteiger partial charge in [-0.3, -0.25) is 9.78 Å². The number of nitrogens with zero attached hydrogens (tertiary/aromatic N) is 1. The Morgan fingerprint density at radius 3 is 2.88 bits per heavy atom. The molecule has 0 aliphatic heterocycles. The van der Waals surface area contributed by atoms with Crippen LogP contribution in [0.25, 0.3) is 10.9 Å². The molecule has 16 heavy (non-hydrogen) atoms. The zero-order valence-electron chi connectivity index (χ0n) is 9.02. The number of pyridine rings is 1. The summed E-state index contributed by atoms with van der Waals surface area (Å²) in [5.41, 5.74) is 2.04. The first-order chi connectivity index (χ1) is 7.84. The molecule has 0 radical (unpaired) electrons. The van der Waals surface area contributed by atoms with Crippen LogP contribution < -0.4 is 0 Å². The highest BCUT2D eigenvalue weighted by atomic mass is 16.1. The molecule has 1 fully saturated rings. The lowest BCUT2D eigenvalue weighted by atomic mass is 10.0. The predicted octanol–water partition coefficient (Wildman–Crippen LogP) is 2.76. The van der Waals surface area contributed by atoms with Crippen molar-refractivity contribution in [2.75, 3.05) is 0 Å². The van der Waals surface area contributed by atoms with Crippen molar-refractivity contribution < 1.29 is 4.79 Å². The van der Waals surface area contributed by atoms with Crippen LogP contribution in [0.4, 0.5) is 0 Å². The Labute approximate surface area is 94.3 Å². The van der Waals surface area contributed by atoms with Gasteiger partial charge in [0.25, 0.3) is 0 Å². The van der Waals surface area contributed by atoms with Gasteiger partial charge in [-0.1, -0.05) is 24.3 Å². The Hall–Kier alpha value is -1.70. The lowest BCUT2D eigenvalue weighted by molar-refractivity contribution is -0.119. The number of Topliss-reactive ketones (excluding diaryl/α,β-unsaturated/α-hetero) is 1. The second kappa shape index (κ2) is 3.71. The summed E-state index contributed by atoms with van der Waals surface area (Å²) in [4.78, 5) is 16.2. The first-order valence-corrected chi connectivity index (χ1v) is 5.70. The molecule has 2 aromatic rings. The zero-order valence-corrected chi connectivity index (χ0v) is 9.02. The molecule has 80 valence electrons. The highest BCUT2D eigenvalue weighted by molar-refractivity contribution is 5.90. The van der Waals surface area contributed by atoms with Crippen LogP contribution in [0.3, 0.4) is 0 Å². The second-order valence-electron chi connectivity index (χ2n) is 4.41. The number of carbonyl (C=O) groups is 1. The summed E-state index contributed by atoms with van der Waals surface area (Å²) in [5.74, 6) is 0.706. The topological polar surface area (TPSA) is 30.0 Å². The smallest absolute Gasteiger partial charge is 0.140 e. The number of fused-ring (bicyclic) bond motifs is 1. The SMILES string of the molecule is O=C(Cc1cccc2cccnc12)C1CC1. The van der Waals surface area contributed by atoms with Crippen LogP contribution in [0.2, 0.25) is 0 Å². The lowest BCUT2D eigenvalue weighted by Gasteiger charge is -2.04. The molecule has 2 nitrogen and oxygen atoms in total. The largest absolute Gasteiger partial charge is 0.299 e. The van der Waals surface area contributed by atoms with E-state index in [4.69, 9.17) is 0 Å². The number of benzene rings is 1. The van der Waals surface area contributed by atoms with Gasteiger partial charge < -0.3 is 0 Å². The minimum Gasteiger partial charge on any atom is -0.299 e. The van der Waals surface area contributed by atoms with E-state index in [2.05, 4.69) is 4.98 Å². The van der Waals surface area contributed by atoms with E-state index < -0.39 is 0 Å². The van der Waals surface area contributed by atoms with Crippen LogP contribution in [-0.2, 0) is 11.2 Å². The molecular weight excluding hydrogens is 198 g/mol. The van der Waals surface area contributed by atoms with Crippen LogP contribution in [-0.4, -0.2) is 10.8 Å². The Bertz CT molecular complexity index is 538. The summed E-state index contributed by atoms with van der Waals surface area (Å²) in [5, 5.41) is 1.11. The van der Waals surface area contributed by atoms with E-state index in [9.17, 15) is 4.79 Å². The number of hydrogen-bond donors (Lipinski definition) is 0. The summed E-state index contributed by atoms with van der Waals surface area (Å²) in [7, 11) is 0. The monoisotopic (exact) mass is 211 g/mol. The minimum atomic E-state index is 0.332. The molecule has 1 heterocycles. The third-order valence-corrected chi connectivity index (χ3v) is 3.11. The van der Waals surface area contributed by atoms with Gasteiger partial charge in [0.2, 0.25) is 0 Å². The first-order valence-electron chi connectivity index (χ1n) is 5.70. The van der Waals surface area contributed by atoms with E-state index in [1.165, 1.54) is 0 Å². The van der Waals surface area contributed by atoms with Crippen LogP contribution in [0.1, 0.15) is 18.4 Å². The van der Waals surface area contributed by atoms with Crippen molar-refractivity contribution in [3.05, 3.63) is 42.1 Å². The van der Waals surface area contributed by atoms with E-state index in [1.54, 1.807) is 6.20 Å². The average molecular weight is 211 g/mol. The second-order valence-corrected chi connectivity index (χ2v) is 4.41. The van der Waals surface area contributed by atoms with Gasteiger partial charge in [-0.2, -0.15) is 0 Å². The van der Waals surface area contributed by atoms with Crippen molar-refractivity contribution in [2.24, 2.45) is 5.92 Å². The van der Waals surface area contributed by atoms with E-state index in [1.807, 2.05) is 30.3 Å². The summed E-state index contributed by atoms with van der Waals surface area (Å²) in [6, 6.07) is 10.0. The van der Waals surface area contributed by atoms with Gasteiger partial charge in [-0.25, -0.2) is 0 Å². The molecule has 1 aliphatic rings. The molecule has 0 unspecified atom stereocenters. The van der Waals surface area contributed by atoms with Crippen molar-refractivity contribution in [3.63, 3.8) is 0 Å². The molecule has 0 amide bonds. The average Bonchev–Trinajstić information content (AvgIpc) is 3.13. The molecule has 0 spiro atoms. The van der Waals surface area contributed by atoms with Gasteiger partial charge in [-0.05, 0) is 24.5 Å². The van der Waals surface area contributed by atoms with Crippen LogP contribution >= 0.6 is 0 Å². The Morgan fingerprint density at radius 2 is 2.06 bits per heavy atom. The van der Waals surface area contributed by atoms with Crippen LogP contribution in [0.15, 0.2) is 36.5 Å². The van der Waals surface area contributed by atoms with Gasteiger partial charge in [0, 0.05) is 23.9 Å². The van der Waals surface area contributed by atoms with Gasteiger partial charge in [0.1, 0.15) is 5.78 Å². The van der Waals surface area contributed by atoms with Crippen molar-refractivity contribution in [3.8, 4) is 0 Å². The summed E-state index contributed by atoms with van der Waals surface area (Å²) < 4.78 is 0. The molecule has 0 atom stereocenters. The molecule has 2 heteroatoms. The summed E-state index contributed by atoms with van der Waals surface area (Å²) in [6.45, 7) is 0. The van der Waals surface area contributed by atoms with E-state index in [0.717, 1.165) is 29.3 Å². The van der Waals surface area contributed by atoms with Crippen molar-refractivity contribution in [1.29, 1.82) is 0 Å². The third-order valence-electron chi connectivity index (χ3n) is 3.11. The normalized spacial score (nSPS) is 15.2. The van der Waals surface area contributed by atoms with Crippen LogP contribution in [0, 0.1) is 5.92 Å². The molecule has 0 N–H and O–H groups in total. The quantitative estimate of drug-likeness (QED) is 0.781. The molecule has 0 bridgehead atoms. The number of rotatable bonds is 3. The van der Waals surface area contributed by atoms with E-state index >= 15 is 0 Å². The van der Waals surface area contributed by atoms with Crippen LogP contribution in [0.5, 0.6) is 0 Å². The maximum atomic E-state index is 11.8. The number of aromatic nitrogens is 1. The third kappa shape index (κ3) is 1.71. The lowest BCUT2D eigenvalue weighted by Crippen LogP contribution is -2.05. The Morgan fingerprint density at radius 1 is 1.25 bits per heavy atom. The first kappa shape index (κ1) is 9.52. The fourth-order valence-electron chi connectivity index (χ4n) is 2.05. The maximum absolute atomic E-state index is 11.8. The summed E-state index contributed by atoms with van der Waals surface area (Å²) >= 11 is 0. The van der Waals surface area contributed by atoms with Gasteiger partial charge in [0.05, 0.1) is 5.52 Å². The number of carbonyl (C=O) groups excluding carboxylic acids is 1. The zero-order chi connectivity index (χ0) is 11.0. The molecule has 1 aliphatic carbocycles. The van der Waals surface area contributed by atoms with E-state index in [0.29, 0.717) is 18.1 Å². The van der Waals surface area contributed by atoms with Gasteiger partial charge in [0.15, 0.2) is 0 Å². The molecule has 1 aromatic heterocycles. The van der Waals surface area contributed by atoms with Crippen molar-refractivity contribution in [2.45, 2.75) is 19.3 Å². The minimum absolute atomic E-state index is 0.332. The standard InChI is InChI=1S/C14H13NO/c16-13(10-6-7-10)9-12-4-1-3-11-5-2-8-15-14(11)12/h1-5,8,10H,6-7,9H2. The highest BCUT2D eigenvalue weighted by Gasteiger charge is 2.29. The molecule has 0 saturated heterocycles. The predicted molar refractivity (Wildman–Crippen MR) is 63.2 cm³/mol. The Balaban J connectivity index is 1.99. The summed E-state index contributed by atoms with van der Waals surface area (Å²) in [6.07, 6.45) is 4.49. The fourth-order valence-corrected chi connectivity index (χ4v) is 2.05. The number of para-hydroxylation sites is 1. The molecule has 3 rings (SSSR count). The fraction of sp³-hybridized carbons (Fsp3) is 0.286.